The summed E-state index contributed by atoms with van der Waals surface area (Å²) in [4.78, 5) is 16.1. The quantitative estimate of drug-likeness (QED) is 0.782. The van der Waals surface area contributed by atoms with Gasteiger partial charge in [0.15, 0.2) is 5.78 Å². The van der Waals surface area contributed by atoms with Crippen LogP contribution in [-0.4, -0.2) is 25.5 Å². The van der Waals surface area contributed by atoms with Crippen molar-refractivity contribution < 1.29 is 13.4 Å². The van der Waals surface area contributed by atoms with E-state index in [1.807, 2.05) is 0 Å². The van der Waals surface area contributed by atoms with Crippen LogP contribution in [0.25, 0.3) is 0 Å². The van der Waals surface area contributed by atoms with Crippen LogP contribution in [0.2, 0.25) is 0 Å². The van der Waals surface area contributed by atoms with E-state index in [4.69, 9.17) is 0 Å². The van der Waals surface area contributed by atoms with Gasteiger partial charge in [-0.3, -0.25) is 14.0 Å². The smallest absolute Gasteiger partial charge is 0.167 e. The SMILES string of the molecule is O=C(c1cncc(F)c1)C1CC2CCCC(C1)S2=O. The molecule has 1 aromatic heterocycles. The van der Waals surface area contributed by atoms with Gasteiger partial charge in [0.25, 0.3) is 0 Å². The molecule has 19 heavy (non-hydrogen) atoms. The number of hydrogen-bond donors (Lipinski definition) is 0. The highest BCUT2D eigenvalue weighted by Gasteiger charge is 2.40. The molecule has 2 atom stereocenters. The predicted molar refractivity (Wildman–Crippen MR) is 70.8 cm³/mol. The highest BCUT2D eigenvalue weighted by molar-refractivity contribution is 7.86. The van der Waals surface area contributed by atoms with Crippen LogP contribution in [0.3, 0.4) is 0 Å². The molecule has 2 aliphatic heterocycles. The second-order valence-electron chi connectivity index (χ2n) is 5.43. The average molecular weight is 281 g/mol. The molecule has 2 unspecified atom stereocenters. The second kappa shape index (κ2) is 5.12. The molecule has 0 N–H and O–H groups in total. The van der Waals surface area contributed by atoms with Crippen molar-refractivity contribution in [1.29, 1.82) is 0 Å². The van der Waals surface area contributed by atoms with Crippen molar-refractivity contribution in [2.24, 2.45) is 5.92 Å². The number of pyridine rings is 1. The lowest BCUT2D eigenvalue weighted by Gasteiger charge is -2.37. The molecule has 3 nitrogen and oxygen atoms in total. The molecule has 0 saturated carbocycles. The Morgan fingerprint density at radius 1 is 1.26 bits per heavy atom. The zero-order valence-electron chi connectivity index (χ0n) is 10.5. The number of hydrogen-bond acceptors (Lipinski definition) is 3. The first kappa shape index (κ1) is 12.9. The molecule has 102 valence electrons. The number of aromatic nitrogens is 1. The molecule has 0 spiro atoms. The first-order valence-electron chi connectivity index (χ1n) is 6.69. The van der Waals surface area contributed by atoms with E-state index >= 15 is 0 Å². The molecule has 1 aromatic rings. The Bertz CT molecular complexity index is 518. The van der Waals surface area contributed by atoms with Crippen LogP contribution in [0.15, 0.2) is 18.5 Å². The fraction of sp³-hybridized carbons (Fsp3) is 0.571. The third-order valence-corrected chi connectivity index (χ3v) is 6.33. The Labute approximate surface area is 114 Å². The van der Waals surface area contributed by atoms with Gasteiger partial charge >= 0.3 is 0 Å². The Balaban J connectivity index is 1.80. The molecular weight excluding hydrogens is 265 g/mol. The van der Waals surface area contributed by atoms with Crippen LogP contribution in [0.4, 0.5) is 4.39 Å². The van der Waals surface area contributed by atoms with Crippen LogP contribution in [-0.2, 0) is 10.8 Å². The lowest BCUT2D eigenvalue weighted by Crippen LogP contribution is -2.41. The van der Waals surface area contributed by atoms with Crippen LogP contribution in [0, 0.1) is 11.7 Å². The van der Waals surface area contributed by atoms with Crippen molar-refractivity contribution in [3.05, 3.63) is 29.8 Å². The number of fused-ring (bicyclic) bond motifs is 2. The number of carbonyl (C=O) groups is 1. The zero-order chi connectivity index (χ0) is 13.4. The molecule has 2 bridgehead atoms. The van der Waals surface area contributed by atoms with Gasteiger partial charge in [-0.1, -0.05) is 6.42 Å². The molecule has 2 aliphatic rings. The molecule has 2 saturated heterocycles. The van der Waals surface area contributed by atoms with Gasteiger partial charge in [0.05, 0.1) is 6.20 Å². The topological polar surface area (TPSA) is 47.0 Å². The van der Waals surface area contributed by atoms with Crippen molar-refractivity contribution >= 4 is 16.6 Å². The van der Waals surface area contributed by atoms with E-state index in [0.717, 1.165) is 25.5 Å². The minimum absolute atomic E-state index is 0.0411. The number of nitrogens with zero attached hydrogens (tertiary/aromatic N) is 1. The van der Waals surface area contributed by atoms with Gasteiger partial charge in [0.1, 0.15) is 5.82 Å². The van der Waals surface area contributed by atoms with Crippen molar-refractivity contribution in [3.8, 4) is 0 Å². The van der Waals surface area contributed by atoms with E-state index in [9.17, 15) is 13.4 Å². The lowest BCUT2D eigenvalue weighted by molar-refractivity contribution is 0.0894. The molecule has 0 amide bonds. The maximum atomic E-state index is 13.1. The normalized spacial score (nSPS) is 33.9. The van der Waals surface area contributed by atoms with Crippen molar-refractivity contribution in [3.63, 3.8) is 0 Å². The Morgan fingerprint density at radius 2 is 1.95 bits per heavy atom. The zero-order valence-corrected chi connectivity index (χ0v) is 11.4. The van der Waals surface area contributed by atoms with E-state index in [-0.39, 0.29) is 22.2 Å². The van der Waals surface area contributed by atoms with E-state index in [1.165, 1.54) is 12.3 Å². The van der Waals surface area contributed by atoms with Crippen LogP contribution >= 0.6 is 0 Å². The van der Waals surface area contributed by atoms with E-state index in [1.54, 1.807) is 0 Å². The van der Waals surface area contributed by atoms with Gasteiger partial charge < -0.3 is 0 Å². The van der Waals surface area contributed by atoms with Gasteiger partial charge in [0, 0.05) is 39.0 Å². The monoisotopic (exact) mass is 281 g/mol. The van der Waals surface area contributed by atoms with E-state index in [2.05, 4.69) is 4.98 Å². The highest BCUT2D eigenvalue weighted by atomic mass is 32.2. The fourth-order valence-corrected chi connectivity index (χ4v) is 5.42. The summed E-state index contributed by atoms with van der Waals surface area (Å²) in [5.74, 6) is -0.636. The Hall–Kier alpha value is -1.10. The molecule has 3 heterocycles. The summed E-state index contributed by atoms with van der Waals surface area (Å²) < 4.78 is 25.2. The number of halogens is 1. The van der Waals surface area contributed by atoms with Crippen LogP contribution < -0.4 is 0 Å². The predicted octanol–water partition coefficient (Wildman–Crippen LogP) is 2.48. The van der Waals surface area contributed by atoms with Crippen molar-refractivity contribution in [2.45, 2.75) is 42.6 Å². The lowest BCUT2D eigenvalue weighted by atomic mass is 9.85. The summed E-state index contributed by atoms with van der Waals surface area (Å²) in [6.07, 6.45) is 6.90. The van der Waals surface area contributed by atoms with Gasteiger partial charge in [-0.15, -0.1) is 0 Å². The number of ketones is 1. The van der Waals surface area contributed by atoms with Crippen LogP contribution in [0.5, 0.6) is 0 Å². The summed E-state index contributed by atoms with van der Waals surface area (Å²) in [5, 5.41) is 0.311. The Morgan fingerprint density at radius 3 is 2.58 bits per heavy atom. The summed E-state index contributed by atoms with van der Waals surface area (Å²) in [6.45, 7) is 0. The summed E-state index contributed by atoms with van der Waals surface area (Å²) in [5.41, 5.74) is 0.343. The standard InChI is InChI=1S/C14H16FNO2S/c15-11-4-10(7-16-8-11)14(17)9-5-12-2-1-3-13(6-9)19(12)18/h4,7-9,12-13H,1-3,5-6H2. The Kier molecular flexibility index (Phi) is 3.48. The third kappa shape index (κ3) is 2.48. The average Bonchev–Trinajstić information content (AvgIpc) is 2.37. The highest BCUT2D eigenvalue weighted by Crippen LogP contribution is 2.38. The summed E-state index contributed by atoms with van der Waals surface area (Å²) in [6, 6.07) is 1.25. The minimum Gasteiger partial charge on any atom is -0.294 e. The van der Waals surface area contributed by atoms with Gasteiger partial charge in [-0.05, 0) is 31.7 Å². The maximum absolute atomic E-state index is 13.1. The molecule has 3 rings (SSSR count). The number of carbonyl (C=O) groups excluding carboxylic acids is 1. The third-order valence-electron chi connectivity index (χ3n) is 4.16. The van der Waals surface area contributed by atoms with Crippen molar-refractivity contribution in [1.82, 2.24) is 4.98 Å². The molecule has 2 fully saturated rings. The van der Waals surface area contributed by atoms with Gasteiger partial charge in [-0.25, -0.2) is 4.39 Å². The van der Waals surface area contributed by atoms with Gasteiger partial charge in [-0.2, -0.15) is 0 Å². The van der Waals surface area contributed by atoms with Gasteiger partial charge in [0.2, 0.25) is 0 Å². The summed E-state index contributed by atoms with van der Waals surface area (Å²) >= 11 is 0. The largest absolute Gasteiger partial charge is 0.294 e. The molecular formula is C14H16FNO2S. The number of Topliss-reactive ketones (excluding diaryl/α,β-unsaturated/α-hetero) is 1. The first-order chi connectivity index (χ1) is 9.15. The molecule has 0 aromatic carbocycles. The molecule has 5 heteroatoms. The summed E-state index contributed by atoms with van der Waals surface area (Å²) in [7, 11) is -0.776. The first-order valence-corrected chi connectivity index (χ1v) is 7.97. The van der Waals surface area contributed by atoms with E-state index < -0.39 is 16.6 Å². The van der Waals surface area contributed by atoms with Crippen molar-refractivity contribution in [2.75, 3.05) is 0 Å². The fourth-order valence-electron chi connectivity index (χ4n) is 3.23. The number of rotatable bonds is 2. The second-order valence-corrected chi connectivity index (χ2v) is 7.42. The van der Waals surface area contributed by atoms with E-state index in [0.29, 0.717) is 18.4 Å². The molecule has 0 aliphatic carbocycles. The van der Waals surface area contributed by atoms with Crippen LogP contribution in [0.1, 0.15) is 42.5 Å². The maximum Gasteiger partial charge on any atom is 0.167 e. The molecule has 0 radical (unpaired) electrons. The minimum atomic E-state index is -0.776.